The standard InChI is InChI=1S/C8H14O3/c1-6-3-4-8(5-10-6)11-7(2)9/h6,8H,3-5H2,1-2H3/t6-,8?/m0/s1. The van der Waals surface area contributed by atoms with E-state index in [4.69, 9.17) is 9.47 Å². The molecule has 1 aliphatic rings. The predicted molar refractivity (Wildman–Crippen MR) is 40.2 cm³/mol. The fraction of sp³-hybridized carbons (Fsp3) is 0.875. The molecule has 11 heavy (non-hydrogen) atoms. The summed E-state index contributed by atoms with van der Waals surface area (Å²) in [7, 11) is 0. The van der Waals surface area contributed by atoms with Gasteiger partial charge in [0.15, 0.2) is 0 Å². The van der Waals surface area contributed by atoms with Crippen LogP contribution in [-0.4, -0.2) is 24.8 Å². The van der Waals surface area contributed by atoms with Crippen LogP contribution >= 0.6 is 0 Å². The first-order chi connectivity index (χ1) is 5.18. The maximum Gasteiger partial charge on any atom is 0.302 e. The summed E-state index contributed by atoms with van der Waals surface area (Å²) in [4.78, 5) is 10.5. The molecule has 0 aromatic carbocycles. The molecule has 1 rings (SSSR count). The Kier molecular flexibility index (Phi) is 2.88. The third kappa shape index (κ3) is 2.89. The molecule has 0 radical (unpaired) electrons. The topological polar surface area (TPSA) is 35.5 Å². The van der Waals surface area contributed by atoms with Gasteiger partial charge in [0.2, 0.25) is 0 Å². The molecule has 3 nitrogen and oxygen atoms in total. The predicted octanol–water partition coefficient (Wildman–Crippen LogP) is 1.12. The maximum atomic E-state index is 10.5. The number of hydrogen-bond acceptors (Lipinski definition) is 3. The van der Waals surface area contributed by atoms with Crippen LogP contribution in [0.25, 0.3) is 0 Å². The van der Waals surface area contributed by atoms with E-state index in [1.165, 1.54) is 6.92 Å². The lowest BCUT2D eigenvalue weighted by Crippen LogP contribution is -2.30. The van der Waals surface area contributed by atoms with E-state index in [-0.39, 0.29) is 12.1 Å². The van der Waals surface area contributed by atoms with Crippen LogP contribution in [0.15, 0.2) is 0 Å². The summed E-state index contributed by atoms with van der Waals surface area (Å²) < 4.78 is 10.3. The van der Waals surface area contributed by atoms with Gasteiger partial charge in [-0.1, -0.05) is 0 Å². The summed E-state index contributed by atoms with van der Waals surface area (Å²) in [6.45, 7) is 4.02. The van der Waals surface area contributed by atoms with Gasteiger partial charge < -0.3 is 9.47 Å². The number of carbonyl (C=O) groups is 1. The van der Waals surface area contributed by atoms with E-state index in [1.54, 1.807) is 0 Å². The minimum atomic E-state index is -0.215. The first-order valence-electron chi connectivity index (χ1n) is 3.97. The van der Waals surface area contributed by atoms with Crippen molar-refractivity contribution in [2.24, 2.45) is 0 Å². The lowest BCUT2D eigenvalue weighted by molar-refractivity contribution is -0.155. The molecule has 0 amide bonds. The van der Waals surface area contributed by atoms with E-state index in [1.807, 2.05) is 6.92 Å². The Hall–Kier alpha value is -0.570. The second-order valence-corrected chi connectivity index (χ2v) is 2.95. The van der Waals surface area contributed by atoms with E-state index in [9.17, 15) is 4.79 Å². The third-order valence-electron chi connectivity index (χ3n) is 1.79. The van der Waals surface area contributed by atoms with Gasteiger partial charge in [0.1, 0.15) is 6.10 Å². The highest BCUT2D eigenvalue weighted by atomic mass is 16.6. The highest BCUT2D eigenvalue weighted by Crippen LogP contribution is 2.15. The van der Waals surface area contributed by atoms with Gasteiger partial charge in [-0.05, 0) is 19.8 Å². The number of carbonyl (C=O) groups excluding carboxylic acids is 1. The first-order valence-corrected chi connectivity index (χ1v) is 3.97. The molecule has 1 unspecified atom stereocenters. The minimum Gasteiger partial charge on any atom is -0.460 e. The normalized spacial score (nSPS) is 31.5. The van der Waals surface area contributed by atoms with Crippen molar-refractivity contribution in [2.75, 3.05) is 6.61 Å². The fourth-order valence-electron chi connectivity index (χ4n) is 1.19. The molecule has 1 aliphatic heterocycles. The third-order valence-corrected chi connectivity index (χ3v) is 1.79. The quantitative estimate of drug-likeness (QED) is 0.536. The molecular formula is C8H14O3. The second kappa shape index (κ2) is 3.72. The van der Waals surface area contributed by atoms with Crippen LogP contribution in [0.5, 0.6) is 0 Å². The molecule has 64 valence electrons. The van der Waals surface area contributed by atoms with Gasteiger partial charge in [0.25, 0.3) is 0 Å². The summed E-state index contributed by atoms with van der Waals surface area (Å²) >= 11 is 0. The van der Waals surface area contributed by atoms with Crippen molar-refractivity contribution < 1.29 is 14.3 Å². The van der Waals surface area contributed by atoms with Crippen molar-refractivity contribution in [2.45, 2.75) is 38.9 Å². The summed E-state index contributed by atoms with van der Waals surface area (Å²) in [5.74, 6) is -0.215. The smallest absolute Gasteiger partial charge is 0.302 e. The highest BCUT2D eigenvalue weighted by Gasteiger charge is 2.20. The number of ether oxygens (including phenoxy) is 2. The van der Waals surface area contributed by atoms with Crippen LogP contribution in [0.4, 0.5) is 0 Å². The minimum absolute atomic E-state index is 0.0105. The molecule has 0 spiro atoms. The zero-order valence-electron chi connectivity index (χ0n) is 7.00. The Balaban J connectivity index is 2.22. The van der Waals surface area contributed by atoms with Crippen molar-refractivity contribution in [3.05, 3.63) is 0 Å². The zero-order valence-corrected chi connectivity index (χ0v) is 7.00. The van der Waals surface area contributed by atoms with Crippen molar-refractivity contribution in [3.63, 3.8) is 0 Å². The van der Waals surface area contributed by atoms with Gasteiger partial charge >= 0.3 is 5.97 Å². The Morgan fingerprint density at radius 2 is 2.27 bits per heavy atom. The van der Waals surface area contributed by atoms with Crippen LogP contribution in [0.1, 0.15) is 26.7 Å². The lowest BCUT2D eigenvalue weighted by atomic mass is 10.1. The van der Waals surface area contributed by atoms with Crippen molar-refractivity contribution >= 4 is 5.97 Å². The highest BCUT2D eigenvalue weighted by molar-refractivity contribution is 5.66. The number of esters is 1. The van der Waals surface area contributed by atoms with Gasteiger partial charge in [-0.3, -0.25) is 4.79 Å². The van der Waals surface area contributed by atoms with Crippen LogP contribution < -0.4 is 0 Å². The lowest BCUT2D eigenvalue weighted by Gasteiger charge is -2.26. The molecule has 0 N–H and O–H groups in total. The molecule has 1 fully saturated rings. The van der Waals surface area contributed by atoms with Gasteiger partial charge in [0, 0.05) is 6.92 Å². The van der Waals surface area contributed by atoms with E-state index in [0.717, 1.165) is 12.8 Å². The Bertz CT molecular complexity index is 136. The molecule has 2 atom stereocenters. The molecule has 0 aromatic rings. The van der Waals surface area contributed by atoms with Gasteiger partial charge in [-0.25, -0.2) is 0 Å². The molecule has 1 heterocycles. The molecule has 0 aromatic heterocycles. The molecule has 0 saturated carbocycles. The number of hydrogen-bond donors (Lipinski definition) is 0. The molecule has 1 saturated heterocycles. The second-order valence-electron chi connectivity index (χ2n) is 2.95. The largest absolute Gasteiger partial charge is 0.460 e. The average Bonchev–Trinajstić information content (AvgIpc) is 1.93. The Labute approximate surface area is 66.7 Å². The molecule has 0 aliphatic carbocycles. The number of rotatable bonds is 1. The zero-order chi connectivity index (χ0) is 8.27. The molecule has 3 heteroatoms. The van der Waals surface area contributed by atoms with E-state index in [0.29, 0.717) is 12.7 Å². The van der Waals surface area contributed by atoms with Crippen LogP contribution in [0, 0.1) is 0 Å². The van der Waals surface area contributed by atoms with Crippen molar-refractivity contribution in [1.29, 1.82) is 0 Å². The maximum absolute atomic E-state index is 10.5. The van der Waals surface area contributed by atoms with Crippen molar-refractivity contribution in [1.82, 2.24) is 0 Å². The van der Waals surface area contributed by atoms with Gasteiger partial charge in [0.05, 0.1) is 12.7 Å². The monoisotopic (exact) mass is 158 g/mol. The molecular weight excluding hydrogens is 144 g/mol. The SMILES string of the molecule is CC(=O)OC1CC[C@H](C)OC1. The van der Waals surface area contributed by atoms with E-state index in [2.05, 4.69) is 0 Å². The van der Waals surface area contributed by atoms with Crippen LogP contribution in [0.2, 0.25) is 0 Å². The molecule has 0 bridgehead atoms. The summed E-state index contributed by atoms with van der Waals surface area (Å²) in [6, 6.07) is 0. The van der Waals surface area contributed by atoms with Crippen LogP contribution in [-0.2, 0) is 14.3 Å². The van der Waals surface area contributed by atoms with Gasteiger partial charge in [-0.15, -0.1) is 0 Å². The summed E-state index contributed by atoms with van der Waals surface area (Å²) in [5.41, 5.74) is 0. The Morgan fingerprint density at radius 1 is 1.55 bits per heavy atom. The Morgan fingerprint density at radius 3 is 2.73 bits per heavy atom. The van der Waals surface area contributed by atoms with E-state index < -0.39 is 0 Å². The summed E-state index contributed by atoms with van der Waals surface area (Å²) in [6.07, 6.45) is 2.23. The van der Waals surface area contributed by atoms with E-state index >= 15 is 0 Å². The average molecular weight is 158 g/mol. The first kappa shape index (κ1) is 8.53. The van der Waals surface area contributed by atoms with Crippen LogP contribution in [0.3, 0.4) is 0 Å². The fourth-order valence-corrected chi connectivity index (χ4v) is 1.19. The van der Waals surface area contributed by atoms with Crippen molar-refractivity contribution in [3.8, 4) is 0 Å². The summed E-state index contributed by atoms with van der Waals surface area (Å²) in [5, 5.41) is 0. The van der Waals surface area contributed by atoms with Gasteiger partial charge in [-0.2, -0.15) is 0 Å².